The summed E-state index contributed by atoms with van der Waals surface area (Å²) >= 11 is 3.08. The van der Waals surface area contributed by atoms with Crippen molar-refractivity contribution in [2.75, 3.05) is 6.61 Å². The second kappa shape index (κ2) is 5.34. The van der Waals surface area contributed by atoms with Gasteiger partial charge in [-0.05, 0) is 41.4 Å². The van der Waals surface area contributed by atoms with E-state index in [4.69, 9.17) is 0 Å². The molecule has 1 aromatic rings. The van der Waals surface area contributed by atoms with Gasteiger partial charge in [0.2, 0.25) is 0 Å². The van der Waals surface area contributed by atoms with Crippen LogP contribution in [0.25, 0.3) is 0 Å². The van der Waals surface area contributed by atoms with Gasteiger partial charge in [0.1, 0.15) is 4.60 Å². The lowest BCUT2D eigenvalue weighted by Crippen LogP contribution is -2.12. The summed E-state index contributed by atoms with van der Waals surface area (Å²) in [5.74, 6) is -0.835. The third-order valence-corrected chi connectivity index (χ3v) is 2.69. The Morgan fingerprint density at radius 3 is 2.75 bits per heavy atom. The molecule has 0 aliphatic rings. The van der Waals surface area contributed by atoms with Crippen LogP contribution in [-0.4, -0.2) is 17.6 Å². The standard InChI is InChI=1S/C10H10BrF2NO2/c1-3-16-10(15)7-6(9(12)13)4-5(2)8(11)14-7/h4,9H,3H2,1-2H3. The number of pyridine rings is 1. The van der Waals surface area contributed by atoms with Gasteiger partial charge in [-0.1, -0.05) is 0 Å². The number of ether oxygens (including phenoxy) is 1. The molecule has 0 spiro atoms. The Labute approximate surface area is 99.9 Å². The van der Waals surface area contributed by atoms with Gasteiger partial charge in [0.05, 0.1) is 12.2 Å². The van der Waals surface area contributed by atoms with Crippen molar-refractivity contribution in [1.29, 1.82) is 0 Å². The topological polar surface area (TPSA) is 39.2 Å². The summed E-state index contributed by atoms with van der Waals surface area (Å²) in [5.41, 5.74) is -0.197. The first-order valence-corrected chi connectivity index (χ1v) is 5.39. The predicted molar refractivity (Wildman–Crippen MR) is 57.6 cm³/mol. The number of hydrogen-bond donors (Lipinski definition) is 0. The number of rotatable bonds is 3. The van der Waals surface area contributed by atoms with Gasteiger partial charge < -0.3 is 4.74 Å². The zero-order valence-electron chi connectivity index (χ0n) is 8.76. The van der Waals surface area contributed by atoms with Crippen LogP contribution in [0.2, 0.25) is 0 Å². The molecule has 16 heavy (non-hydrogen) atoms. The van der Waals surface area contributed by atoms with Crippen molar-refractivity contribution in [3.05, 3.63) is 27.5 Å². The molecule has 1 aromatic heterocycles. The Balaban J connectivity index is 3.24. The molecule has 0 aromatic carbocycles. The van der Waals surface area contributed by atoms with Crippen molar-refractivity contribution in [2.24, 2.45) is 0 Å². The molecular weight excluding hydrogens is 284 g/mol. The average molecular weight is 294 g/mol. The molecule has 1 rings (SSSR count). The molecular formula is C10H10BrF2NO2. The molecule has 6 heteroatoms. The highest BCUT2D eigenvalue weighted by Gasteiger charge is 2.22. The summed E-state index contributed by atoms with van der Waals surface area (Å²) in [6.07, 6.45) is -2.75. The van der Waals surface area contributed by atoms with Crippen LogP contribution < -0.4 is 0 Å². The number of carbonyl (C=O) groups excluding carboxylic acids is 1. The first-order valence-electron chi connectivity index (χ1n) is 4.59. The first kappa shape index (κ1) is 13.0. The number of aromatic nitrogens is 1. The highest BCUT2D eigenvalue weighted by molar-refractivity contribution is 9.10. The monoisotopic (exact) mass is 293 g/mol. The normalized spacial score (nSPS) is 10.6. The van der Waals surface area contributed by atoms with Gasteiger partial charge in [-0.15, -0.1) is 0 Å². The zero-order valence-corrected chi connectivity index (χ0v) is 10.3. The molecule has 3 nitrogen and oxygen atoms in total. The first-order chi connectivity index (χ1) is 7.47. The lowest BCUT2D eigenvalue weighted by Gasteiger charge is -2.09. The van der Waals surface area contributed by atoms with Gasteiger partial charge in [0.15, 0.2) is 5.69 Å². The summed E-state index contributed by atoms with van der Waals surface area (Å²) in [5, 5.41) is 0. The van der Waals surface area contributed by atoms with E-state index < -0.39 is 18.0 Å². The molecule has 0 atom stereocenters. The van der Waals surface area contributed by atoms with Crippen molar-refractivity contribution in [1.82, 2.24) is 4.98 Å². The SMILES string of the molecule is CCOC(=O)c1nc(Br)c(C)cc1C(F)F. The fourth-order valence-corrected chi connectivity index (χ4v) is 1.43. The third kappa shape index (κ3) is 2.75. The molecule has 0 bridgehead atoms. The zero-order chi connectivity index (χ0) is 12.3. The van der Waals surface area contributed by atoms with Crippen LogP contribution in [-0.2, 0) is 4.74 Å². The molecule has 0 amide bonds. The van der Waals surface area contributed by atoms with E-state index in [1.54, 1.807) is 13.8 Å². The second-order valence-electron chi connectivity index (χ2n) is 3.06. The Morgan fingerprint density at radius 2 is 2.25 bits per heavy atom. The van der Waals surface area contributed by atoms with Gasteiger partial charge in [-0.2, -0.15) is 0 Å². The maximum atomic E-state index is 12.7. The smallest absolute Gasteiger partial charge is 0.357 e. The summed E-state index contributed by atoms with van der Waals surface area (Å²) in [4.78, 5) is 15.2. The number of nitrogens with zero attached hydrogens (tertiary/aromatic N) is 1. The van der Waals surface area contributed by atoms with Crippen molar-refractivity contribution >= 4 is 21.9 Å². The van der Waals surface area contributed by atoms with Crippen LogP contribution in [0.5, 0.6) is 0 Å². The molecule has 1 heterocycles. The number of esters is 1. The van der Waals surface area contributed by atoms with E-state index in [1.807, 2.05) is 0 Å². The Bertz CT molecular complexity index is 410. The fourth-order valence-electron chi connectivity index (χ4n) is 1.14. The highest BCUT2D eigenvalue weighted by Crippen LogP contribution is 2.26. The summed E-state index contributed by atoms with van der Waals surface area (Å²) in [7, 11) is 0. The lowest BCUT2D eigenvalue weighted by molar-refractivity contribution is 0.0507. The van der Waals surface area contributed by atoms with Gasteiger partial charge >= 0.3 is 5.97 Å². The molecule has 0 N–H and O–H groups in total. The van der Waals surface area contributed by atoms with Gasteiger partial charge in [0.25, 0.3) is 6.43 Å². The van der Waals surface area contributed by atoms with Crippen LogP contribution in [0.15, 0.2) is 10.7 Å². The molecule has 0 radical (unpaired) electrons. The molecule has 0 aliphatic carbocycles. The Morgan fingerprint density at radius 1 is 1.62 bits per heavy atom. The molecule has 88 valence electrons. The van der Waals surface area contributed by atoms with E-state index in [9.17, 15) is 13.6 Å². The summed E-state index contributed by atoms with van der Waals surface area (Å²) in [6, 6.07) is 1.23. The van der Waals surface area contributed by atoms with E-state index >= 15 is 0 Å². The van der Waals surface area contributed by atoms with Crippen molar-refractivity contribution < 1.29 is 18.3 Å². The number of carbonyl (C=O) groups is 1. The Hall–Kier alpha value is -1.04. The van der Waals surface area contributed by atoms with E-state index in [-0.39, 0.29) is 12.3 Å². The number of alkyl halides is 2. The van der Waals surface area contributed by atoms with Crippen LogP contribution in [0.1, 0.15) is 35.0 Å². The Kier molecular flexibility index (Phi) is 4.35. The largest absolute Gasteiger partial charge is 0.461 e. The predicted octanol–water partition coefficient (Wildman–Crippen LogP) is 3.27. The number of halogens is 3. The fraction of sp³-hybridized carbons (Fsp3) is 0.400. The van der Waals surface area contributed by atoms with Crippen molar-refractivity contribution in [3.8, 4) is 0 Å². The van der Waals surface area contributed by atoms with Crippen LogP contribution in [0.4, 0.5) is 8.78 Å². The number of aryl methyl sites for hydroxylation is 1. The van der Waals surface area contributed by atoms with Crippen molar-refractivity contribution in [3.63, 3.8) is 0 Å². The molecule has 0 unspecified atom stereocenters. The minimum atomic E-state index is -2.75. The second-order valence-corrected chi connectivity index (χ2v) is 3.81. The maximum absolute atomic E-state index is 12.7. The van der Waals surface area contributed by atoms with E-state index in [2.05, 4.69) is 25.7 Å². The van der Waals surface area contributed by atoms with Crippen LogP contribution in [0.3, 0.4) is 0 Å². The van der Waals surface area contributed by atoms with Crippen LogP contribution >= 0.6 is 15.9 Å². The van der Waals surface area contributed by atoms with Gasteiger partial charge in [0, 0.05) is 0 Å². The van der Waals surface area contributed by atoms with Crippen molar-refractivity contribution in [2.45, 2.75) is 20.3 Å². The molecule has 0 aliphatic heterocycles. The van der Waals surface area contributed by atoms with Crippen LogP contribution in [0, 0.1) is 6.92 Å². The third-order valence-electron chi connectivity index (χ3n) is 1.88. The quantitative estimate of drug-likeness (QED) is 0.634. The molecule has 0 saturated carbocycles. The molecule has 0 saturated heterocycles. The summed E-state index contributed by atoms with van der Waals surface area (Å²) in [6.45, 7) is 3.34. The van der Waals surface area contributed by atoms with E-state index in [0.717, 1.165) is 0 Å². The average Bonchev–Trinajstić information content (AvgIpc) is 2.21. The minimum absolute atomic E-state index is 0.120. The highest BCUT2D eigenvalue weighted by atomic mass is 79.9. The van der Waals surface area contributed by atoms with E-state index in [0.29, 0.717) is 10.2 Å². The van der Waals surface area contributed by atoms with Gasteiger partial charge in [-0.25, -0.2) is 18.6 Å². The number of hydrogen-bond acceptors (Lipinski definition) is 3. The minimum Gasteiger partial charge on any atom is -0.461 e. The van der Waals surface area contributed by atoms with Gasteiger partial charge in [-0.3, -0.25) is 0 Å². The maximum Gasteiger partial charge on any atom is 0.357 e. The lowest BCUT2D eigenvalue weighted by atomic mass is 10.1. The molecule has 0 fully saturated rings. The summed E-state index contributed by atoms with van der Waals surface area (Å²) < 4.78 is 30.4. The van der Waals surface area contributed by atoms with E-state index in [1.165, 1.54) is 6.07 Å².